The Kier molecular flexibility index (Phi) is 3.88. The molecule has 1 N–H and O–H groups in total. The summed E-state index contributed by atoms with van der Waals surface area (Å²) in [5.74, 6) is -0.354. The minimum absolute atomic E-state index is 0.438. The molecule has 0 saturated heterocycles. The van der Waals surface area contributed by atoms with E-state index in [1.165, 1.54) is 0 Å². The number of benzene rings is 1. The molecule has 4 heteroatoms. The lowest BCUT2D eigenvalue weighted by atomic mass is 10.1. The van der Waals surface area contributed by atoms with Crippen molar-refractivity contribution in [3.8, 4) is 0 Å². The van der Waals surface area contributed by atoms with E-state index < -0.39 is 11.7 Å². The summed E-state index contributed by atoms with van der Waals surface area (Å²) in [6.45, 7) is 8.40. The van der Waals surface area contributed by atoms with Gasteiger partial charge in [0.05, 0.1) is 11.3 Å². The number of rotatable bonds is 5. The van der Waals surface area contributed by atoms with E-state index in [1.54, 1.807) is 6.07 Å². The van der Waals surface area contributed by atoms with Crippen molar-refractivity contribution in [2.45, 2.75) is 27.2 Å². The van der Waals surface area contributed by atoms with Crippen molar-refractivity contribution >= 4 is 23.1 Å². The van der Waals surface area contributed by atoms with Gasteiger partial charge in [0.2, 0.25) is 0 Å². The van der Waals surface area contributed by atoms with Crippen LogP contribution in [-0.4, -0.2) is 24.8 Å². The number of anilines is 2. The van der Waals surface area contributed by atoms with Gasteiger partial charge in [0.25, 0.3) is 11.7 Å². The number of hydrogen-bond acceptors (Lipinski definition) is 3. The molecule has 1 aromatic rings. The van der Waals surface area contributed by atoms with Crippen LogP contribution < -0.4 is 10.2 Å². The molecule has 4 nitrogen and oxygen atoms in total. The molecule has 1 heterocycles. The largest absolute Gasteiger partial charge is 0.371 e. The van der Waals surface area contributed by atoms with E-state index in [4.69, 9.17) is 0 Å². The second-order valence-electron chi connectivity index (χ2n) is 5.07. The molecular weight excluding hydrogens is 240 g/mol. The zero-order chi connectivity index (χ0) is 14.0. The first-order chi connectivity index (χ1) is 9.06. The third-order valence-corrected chi connectivity index (χ3v) is 3.68. The van der Waals surface area contributed by atoms with Crippen LogP contribution in [0.2, 0.25) is 0 Å². The van der Waals surface area contributed by atoms with Crippen molar-refractivity contribution < 1.29 is 9.59 Å². The molecule has 0 aliphatic carbocycles. The van der Waals surface area contributed by atoms with Gasteiger partial charge in [-0.2, -0.15) is 0 Å². The summed E-state index contributed by atoms with van der Waals surface area (Å²) in [5, 5.41) is 2.62. The van der Waals surface area contributed by atoms with Gasteiger partial charge < -0.3 is 10.2 Å². The van der Waals surface area contributed by atoms with Gasteiger partial charge in [-0.3, -0.25) is 9.59 Å². The van der Waals surface area contributed by atoms with Crippen LogP contribution in [0.1, 0.15) is 37.6 Å². The quantitative estimate of drug-likeness (QED) is 0.828. The van der Waals surface area contributed by atoms with Crippen molar-refractivity contribution in [3.63, 3.8) is 0 Å². The summed E-state index contributed by atoms with van der Waals surface area (Å²) in [6, 6.07) is 5.55. The summed E-state index contributed by atoms with van der Waals surface area (Å²) in [5.41, 5.74) is 2.17. The maximum atomic E-state index is 11.5. The standard InChI is InChI=1S/C15H20N2O2/c1-4-10(3)9-17(5-2)11-6-7-12-13(8-11)16-15(19)14(12)18/h6-8,10H,4-5,9H2,1-3H3,(H,16,18,19). The summed E-state index contributed by atoms with van der Waals surface area (Å²) in [6.07, 6.45) is 1.14. The highest BCUT2D eigenvalue weighted by atomic mass is 16.2. The Morgan fingerprint density at radius 3 is 2.63 bits per heavy atom. The molecule has 0 bridgehead atoms. The summed E-state index contributed by atoms with van der Waals surface area (Å²) in [4.78, 5) is 25.1. The second kappa shape index (κ2) is 5.43. The van der Waals surface area contributed by atoms with Gasteiger partial charge >= 0.3 is 0 Å². The average Bonchev–Trinajstić information content (AvgIpc) is 2.70. The lowest BCUT2D eigenvalue weighted by Crippen LogP contribution is -2.28. The number of carbonyl (C=O) groups excluding carboxylic acids is 2. The minimum Gasteiger partial charge on any atom is -0.371 e. The molecule has 0 spiro atoms. The Balaban J connectivity index is 2.24. The second-order valence-corrected chi connectivity index (χ2v) is 5.07. The van der Waals surface area contributed by atoms with Crippen LogP contribution in [0.25, 0.3) is 0 Å². The number of fused-ring (bicyclic) bond motifs is 1. The van der Waals surface area contributed by atoms with Crippen molar-refractivity contribution in [2.24, 2.45) is 5.92 Å². The van der Waals surface area contributed by atoms with Crippen LogP contribution >= 0.6 is 0 Å². The van der Waals surface area contributed by atoms with Crippen LogP contribution in [-0.2, 0) is 4.79 Å². The van der Waals surface area contributed by atoms with E-state index in [0.717, 1.165) is 25.2 Å². The first-order valence-electron chi connectivity index (χ1n) is 6.81. The topological polar surface area (TPSA) is 49.4 Å². The molecule has 1 atom stereocenters. The summed E-state index contributed by atoms with van der Waals surface area (Å²) in [7, 11) is 0. The van der Waals surface area contributed by atoms with E-state index in [9.17, 15) is 9.59 Å². The van der Waals surface area contributed by atoms with Crippen LogP contribution in [0.5, 0.6) is 0 Å². The molecule has 0 aromatic heterocycles. The molecule has 1 aliphatic heterocycles. The van der Waals surface area contributed by atoms with E-state index in [0.29, 0.717) is 17.2 Å². The fraction of sp³-hybridized carbons (Fsp3) is 0.467. The minimum atomic E-state index is -0.530. The number of Topliss-reactive ketones (excluding diaryl/α,β-unsaturated/α-hetero) is 1. The zero-order valence-electron chi connectivity index (χ0n) is 11.7. The van der Waals surface area contributed by atoms with Gasteiger partial charge in [-0.15, -0.1) is 0 Å². The van der Waals surface area contributed by atoms with Crippen molar-refractivity contribution in [1.82, 2.24) is 0 Å². The predicted molar refractivity (Wildman–Crippen MR) is 76.7 cm³/mol. The maximum absolute atomic E-state index is 11.5. The highest BCUT2D eigenvalue weighted by Crippen LogP contribution is 2.28. The van der Waals surface area contributed by atoms with Gasteiger partial charge in [0.1, 0.15) is 0 Å². The molecule has 19 heavy (non-hydrogen) atoms. The number of carbonyl (C=O) groups is 2. The van der Waals surface area contributed by atoms with Crippen LogP contribution in [0.3, 0.4) is 0 Å². The first kappa shape index (κ1) is 13.6. The smallest absolute Gasteiger partial charge is 0.296 e. The highest BCUT2D eigenvalue weighted by Gasteiger charge is 2.28. The SMILES string of the molecule is CCC(C)CN(CC)c1ccc2c(c1)NC(=O)C2=O. The van der Waals surface area contributed by atoms with Gasteiger partial charge in [-0.25, -0.2) is 0 Å². The molecule has 0 radical (unpaired) electrons. The van der Waals surface area contributed by atoms with Crippen LogP contribution in [0, 0.1) is 5.92 Å². The van der Waals surface area contributed by atoms with Crippen molar-refractivity contribution in [2.75, 3.05) is 23.3 Å². The average molecular weight is 260 g/mol. The van der Waals surface area contributed by atoms with Gasteiger partial charge in [0, 0.05) is 18.8 Å². The molecular formula is C15H20N2O2. The molecule has 0 saturated carbocycles. The number of hydrogen-bond donors (Lipinski definition) is 1. The Morgan fingerprint density at radius 1 is 1.26 bits per heavy atom. The molecule has 102 valence electrons. The Labute approximate surface area is 113 Å². The summed E-state index contributed by atoms with van der Waals surface area (Å²) >= 11 is 0. The number of nitrogens with one attached hydrogen (secondary N) is 1. The number of ketones is 1. The van der Waals surface area contributed by atoms with E-state index >= 15 is 0 Å². The molecule has 1 amide bonds. The van der Waals surface area contributed by atoms with Gasteiger partial charge in [-0.05, 0) is 31.0 Å². The Bertz CT molecular complexity index is 511. The maximum Gasteiger partial charge on any atom is 0.296 e. The van der Waals surface area contributed by atoms with E-state index in [-0.39, 0.29) is 0 Å². The molecule has 2 rings (SSSR count). The lowest BCUT2D eigenvalue weighted by Gasteiger charge is -2.26. The Morgan fingerprint density at radius 2 is 2.00 bits per heavy atom. The zero-order valence-corrected chi connectivity index (χ0v) is 11.7. The lowest BCUT2D eigenvalue weighted by molar-refractivity contribution is -0.112. The normalized spacial score (nSPS) is 15.1. The summed E-state index contributed by atoms with van der Waals surface area (Å²) < 4.78 is 0. The highest BCUT2D eigenvalue weighted by molar-refractivity contribution is 6.51. The van der Waals surface area contributed by atoms with Crippen LogP contribution in [0.15, 0.2) is 18.2 Å². The molecule has 1 aromatic carbocycles. The third kappa shape index (κ3) is 2.62. The molecule has 0 fully saturated rings. The van der Waals surface area contributed by atoms with Crippen molar-refractivity contribution in [3.05, 3.63) is 23.8 Å². The number of nitrogens with zero attached hydrogens (tertiary/aromatic N) is 1. The van der Waals surface area contributed by atoms with Gasteiger partial charge in [0.15, 0.2) is 0 Å². The van der Waals surface area contributed by atoms with E-state index in [1.807, 2.05) is 12.1 Å². The van der Waals surface area contributed by atoms with E-state index in [2.05, 4.69) is 31.0 Å². The fourth-order valence-corrected chi connectivity index (χ4v) is 2.25. The van der Waals surface area contributed by atoms with Crippen LogP contribution in [0.4, 0.5) is 11.4 Å². The number of amides is 1. The Hall–Kier alpha value is -1.84. The monoisotopic (exact) mass is 260 g/mol. The third-order valence-electron chi connectivity index (χ3n) is 3.68. The van der Waals surface area contributed by atoms with Crippen molar-refractivity contribution in [1.29, 1.82) is 0 Å². The van der Waals surface area contributed by atoms with Gasteiger partial charge in [-0.1, -0.05) is 20.3 Å². The fourth-order valence-electron chi connectivity index (χ4n) is 2.25. The predicted octanol–water partition coefficient (Wildman–Crippen LogP) is 2.69. The molecule has 1 unspecified atom stereocenters. The first-order valence-corrected chi connectivity index (χ1v) is 6.81. The molecule has 1 aliphatic rings.